The second kappa shape index (κ2) is 7.74. The molecular formula is C17H16N4O3. The zero-order chi connectivity index (χ0) is 17.5. The van der Waals surface area contributed by atoms with E-state index in [-0.39, 0.29) is 11.8 Å². The number of methoxy groups -OCH3 is 1. The van der Waals surface area contributed by atoms with Crippen LogP contribution in [0.1, 0.15) is 29.3 Å². The maximum atomic E-state index is 12.3. The van der Waals surface area contributed by atoms with Gasteiger partial charge < -0.3 is 15.4 Å². The van der Waals surface area contributed by atoms with Crippen molar-refractivity contribution >= 4 is 23.3 Å². The Morgan fingerprint density at radius 3 is 2.62 bits per heavy atom. The van der Waals surface area contributed by atoms with Gasteiger partial charge in [0.1, 0.15) is 17.6 Å². The molecule has 0 unspecified atom stereocenters. The Balaban J connectivity index is 2.20. The third-order valence-corrected chi connectivity index (χ3v) is 3.19. The molecule has 1 heterocycles. The number of carbonyl (C=O) groups excluding carboxylic acids is 2. The van der Waals surface area contributed by atoms with Crippen LogP contribution in [0.5, 0.6) is 5.75 Å². The number of benzene rings is 1. The average molecular weight is 324 g/mol. The Hall–Kier alpha value is -3.40. The van der Waals surface area contributed by atoms with E-state index in [0.717, 1.165) is 0 Å². The van der Waals surface area contributed by atoms with E-state index in [9.17, 15) is 9.59 Å². The first-order valence-corrected chi connectivity index (χ1v) is 7.22. The fourth-order valence-corrected chi connectivity index (χ4v) is 1.91. The summed E-state index contributed by atoms with van der Waals surface area (Å²) in [5.74, 6) is 0.222. The van der Waals surface area contributed by atoms with Gasteiger partial charge in [-0.1, -0.05) is 6.92 Å². The number of anilines is 2. The summed E-state index contributed by atoms with van der Waals surface area (Å²) in [5, 5.41) is 14.1. The summed E-state index contributed by atoms with van der Waals surface area (Å²) in [6.07, 6.45) is 1.69. The summed E-state index contributed by atoms with van der Waals surface area (Å²) in [4.78, 5) is 27.9. The molecule has 0 saturated heterocycles. The molecule has 0 radical (unpaired) electrons. The largest absolute Gasteiger partial charge is 0.495 e. The standard InChI is InChI=1S/C17H16N4O3/c1-3-16(22)20-13-8-12(5-6-14(13)24-2)17(23)21-15-7-4-11(9-18)10-19-15/h4-8,10H,3H2,1-2H3,(H,20,22)(H,19,21,23). The molecule has 0 aliphatic rings. The lowest BCUT2D eigenvalue weighted by Crippen LogP contribution is -2.15. The number of hydrogen-bond acceptors (Lipinski definition) is 5. The monoisotopic (exact) mass is 324 g/mol. The molecular weight excluding hydrogens is 308 g/mol. The lowest BCUT2D eigenvalue weighted by atomic mass is 10.1. The Morgan fingerprint density at radius 1 is 1.25 bits per heavy atom. The fraction of sp³-hybridized carbons (Fsp3) is 0.176. The van der Waals surface area contributed by atoms with Gasteiger partial charge in [0.05, 0.1) is 18.4 Å². The zero-order valence-electron chi connectivity index (χ0n) is 13.3. The van der Waals surface area contributed by atoms with Crippen LogP contribution in [-0.4, -0.2) is 23.9 Å². The number of nitriles is 1. The number of rotatable bonds is 5. The van der Waals surface area contributed by atoms with E-state index < -0.39 is 0 Å². The predicted octanol–water partition coefficient (Wildman–Crippen LogP) is 2.56. The van der Waals surface area contributed by atoms with Crippen LogP contribution in [0.2, 0.25) is 0 Å². The SMILES string of the molecule is CCC(=O)Nc1cc(C(=O)Nc2ccc(C#N)cn2)ccc1OC. The minimum absolute atomic E-state index is 0.181. The predicted molar refractivity (Wildman–Crippen MR) is 88.8 cm³/mol. The van der Waals surface area contributed by atoms with E-state index in [1.54, 1.807) is 31.2 Å². The summed E-state index contributed by atoms with van der Waals surface area (Å²) in [7, 11) is 1.48. The second-order valence-corrected chi connectivity index (χ2v) is 4.81. The lowest BCUT2D eigenvalue weighted by Gasteiger charge is -2.11. The minimum atomic E-state index is -0.387. The topological polar surface area (TPSA) is 104 Å². The first kappa shape index (κ1) is 17.0. The quantitative estimate of drug-likeness (QED) is 0.879. The van der Waals surface area contributed by atoms with Gasteiger partial charge in [-0.05, 0) is 30.3 Å². The van der Waals surface area contributed by atoms with Crippen LogP contribution in [-0.2, 0) is 4.79 Å². The van der Waals surface area contributed by atoms with E-state index >= 15 is 0 Å². The van der Waals surface area contributed by atoms with E-state index in [2.05, 4.69) is 15.6 Å². The second-order valence-electron chi connectivity index (χ2n) is 4.81. The number of nitrogens with one attached hydrogen (secondary N) is 2. The smallest absolute Gasteiger partial charge is 0.256 e. The Morgan fingerprint density at radius 2 is 2.04 bits per heavy atom. The van der Waals surface area contributed by atoms with Crippen LogP contribution in [0.15, 0.2) is 36.5 Å². The number of nitrogens with zero attached hydrogens (tertiary/aromatic N) is 2. The van der Waals surface area contributed by atoms with Crippen molar-refractivity contribution in [3.63, 3.8) is 0 Å². The molecule has 2 N–H and O–H groups in total. The van der Waals surface area contributed by atoms with Gasteiger partial charge in [-0.25, -0.2) is 4.98 Å². The third kappa shape index (κ3) is 4.08. The molecule has 0 spiro atoms. The lowest BCUT2D eigenvalue weighted by molar-refractivity contribution is -0.115. The molecule has 0 atom stereocenters. The Bertz CT molecular complexity index is 794. The van der Waals surface area contributed by atoms with Gasteiger partial charge in [0.25, 0.3) is 5.91 Å². The summed E-state index contributed by atoms with van der Waals surface area (Å²) in [6.45, 7) is 1.73. The highest BCUT2D eigenvalue weighted by molar-refractivity contribution is 6.05. The number of pyridine rings is 1. The molecule has 2 rings (SSSR count). The van der Waals surface area contributed by atoms with Crippen molar-refractivity contribution in [1.82, 2.24) is 4.98 Å². The molecule has 2 aromatic rings. The number of aromatic nitrogens is 1. The molecule has 0 saturated carbocycles. The van der Waals surface area contributed by atoms with Crippen molar-refractivity contribution in [2.75, 3.05) is 17.7 Å². The summed E-state index contributed by atoms with van der Waals surface area (Å²) in [5.41, 5.74) is 1.17. The fourth-order valence-electron chi connectivity index (χ4n) is 1.91. The van der Waals surface area contributed by atoms with Crippen molar-refractivity contribution in [3.8, 4) is 11.8 Å². The van der Waals surface area contributed by atoms with Gasteiger partial charge in [0.2, 0.25) is 5.91 Å². The minimum Gasteiger partial charge on any atom is -0.495 e. The van der Waals surface area contributed by atoms with E-state index in [4.69, 9.17) is 10.00 Å². The number of carbonyl (C=O) groups is 2. The first-order valence-electron chi connectivity index (χ1n) is 7.22. The van der Waals surface area contributed by atoms with Gasteiger partial charge in [0, 0.05) is 18.2 Å². The van der Waals surface area contributed by atoms with Crippen molar-refractivity contribution in [2.24, 2.45) is 0 Å². The van der Waals surface area contributed by atoms with Crippen LogP contribution in [0.4, 0.5) is 11.5 Å². The normalized spacial score (nSPS) is 9.71. The molecule has 2 amide bonds. The van der Waals surface area contributed by atoms with E-state index in [0.29, 0.717) is 34.8 Å². The van der Waals surface area contributed by atoms with Crippen molar-refractivity contribution < 1.29 is 14.3 Å². The van der Waals surface area contributed by atoms with Crippen LogP contribution >= 0.6 is 0 Å². The summed E-state index contributed by atoms with van der Waals surface area (Å²) in [6, 6.07) is 9.77. The highest BCUT2D eigenvalue weighted by Gasteiger charge is 2.12. The summed E-state index contributed by atoms with van der Waals surface area (Å²) >= 11 is 0. The van der Waals surface area contributed by atoms with E-state index in [1.165, 1.54) is 19.4 Å². The van der Waals surface area contributed by atoms with Crippen LogP contribution < -0.4 is 15.4 Å². The molecule has 0 fully saturated rings. The van der Waals surface area contributed by atoms with Gasteiger partial charge in [-0.3, -0.25) is 9.59 Å². The van der Waals surface area contributed by atoms with Crippen LogP contribution in [0, 0.1) is 11.3 Å². The van der Waals surface area contributed by atoms with Crippen molar-refractivity contribution in [1.29, 1.82) is 5.26 Å². The van der Waals surface area contributed by atoms with Gasteiger partial charge in [0.15, 0.2) is 0 Å². The Kier molecular flexibility index (Phi) is 5.47. The zero-order valence-corrected chi connectivity index (χ0v) is 13.3. The highest BCUT2D eigenvalue weighted by Crippen LogP contribution is 2.26. The van der Waals surface area contributed by atoms with Gasteiger partial charge >= 0.3 is 0 Å². The molecule has 122 valence electrons. The first-order chi connectivity index (χ1) is 11.6. The molecule has 7 heteroatoms. The molecule has 0 aliphatic heterocycles. The maximum absolute atomic E-state index is 12.3. The molecule has 0 bridgehead atoms. The Labute approximate surface area is 139 Å². The van der Waals surface area contributed by atoms with Gasteiger partial charge in [-0.2, -0.15) is 5.26 Å². The maximum Gasteiger partial charge on any atom is 0.256 e. The molecule has 1 aromatic carbocycles. The van der Waals surface area contributed by atoms with Crippen LogP contribution in [0.25, 0.3) is 0 Å². The summed E-state index contributed by atoms with van der Waals surface area (Å²) < 4.78 is 5.18. The molecule has 0 aliphatic carbocycles. The van der Waals surface area contributed by atoms with Gasteiger partial charge in [-0.15, -0.1) is 0 Å². The molecule has 1 aromatic heterocycles. The van der Waals surface area contributed by atoms with E-state index in [1.807, 2.05) is 6.07 Å². The van der Waals surface area contributed by atoms with Crippen molar-refractivity contribution in [2.45, 2.75) is 13.3 Å². The highest BCUT2D eigenvalue weighted by atomic mass is 16.5. The number of ether oxygens (including phenoxy) is 1. The number of hydrogen-bond donors (Lipinski definition) is 2. The average Bonchev–Trinajstić information content (AvgIpc) is 2.62. The van der Waals surface area contributed by atoms with Crippen molar-refractivity contribution in [3.05, 3.63) is 47.7 Å². The molecule has 24 heavy (non-hydrogen) atoms. The third-order valence-electron chi connectivity index (χ3n) is 3.19. The number of amides is 2. The van der Waals surface area contributed by atoms with Crippen LogP contribution in [0.3, 0.4) is 0 Å². The molecule has 7 nitrogen and oxygen atoms in total.